The molecule has 0 unspecified atom stereocenters. The van der Waals surface area contributed by atoms with Crippen molar-refractivity contribution in [3.63, 3.8) is 0 Å². The third kappa shape index (κ3) is 4.18. The van der Waals surface area contributed by atoms with Crippen molar-refractivity contribution in [1.29, 1.82) is 0 Å². The molecule has 1 aromatic carbocycles. The Balaban J connectivity index is 1.65. The first-order valence-corrected chi connectivity index (χ1v) is 8.81. The summed E-state index contributed by atoms with van der Waals surface area (Å²) >= 11 is 1.42. The molecule has 6 nitrogen and oxygen atoms in total. The van der Waals surface area contributed by atoms with Crippen LogP contribution in [-0.2, 0) is 16.1 Å². The number of anilines is 2. The van der Waals surface area contributed by atoms with Crippen molar-refractivity contribution in [2.24, 2.45) is 0 Å². The van der Waals surface area contributed by atoms with E-state index in [9.17, 15) is 9.59 Å². The van der Waals surface area contributed by atoms with Gasteiger partial charge in [-0.3, -0.25) is 14.5 Å². The number of carbonyl (C=O) groups is 2. The highest BCUT2D eigenvalue weighted by Crippen LogP contribution is 2.23. The van der Waals surface area contributed by atoms with Crippen LogP contribution < -0.4 is 10.6 Å². The number of likely N-dealkylation sites (tertiary alicyclic amines) is 1. The van der Waals surface area contributed by atoms with Gasteiger partial charge in [-0.15, -0.1) is 11.3 Å². The molecule has 2 heterocycles. The SMILES string of the molecule is CC(=O)Nc1cccc(CN2CCC[C@@H]2C(=O)Nc2nccs2)c1. The highest BCUT2D eigenvalue weighted by molar-refractivity contribution is 7.13. The fourth-order valence-electron chi connectivity index (χ4n) is 2.97. The quantitative estimate of drug-likeness (QED) is 0.874. The normalized spacial score (nSPS) is 17.6. The summed E-state index contributed by atoms with van der Waals surface area (Å²) in [4.78, 5) is 29.9. The summed E-state index contributed by atoms with van der Waals surface area (Å²) in [6, 6.07) is 7.61. The van der Waals surface area contributed by atoms with E-state index < -0.39 is 0 Å². The third-order valence-corrected chi connectivity index (χ3v) is 4.65. The molecule has 1 aliphatic heterocycles. The minimum absolute atomic E-state index is 0.000431. The number of carbonyl (C=O) groups excluding carboxylic acids is 2. The maximum atomic E-state index is 12.5. The van der Waals surface area contributed by atoms with Crippen molar-refractivity contribution in [3.05, 3.63) is 41.4 Å². The molecule has 0 spiro atoms. The Labute approximate surface area is 144 Å². The molecule has 0 bridgehead atoms. The van der Waals surface area contributed by atoms with Gasteiger partial charge in [-0.25, -0.2) is 4.98 Å². The monoisotopic (exact) mass is 344 g/mol. The van der Waals surface area contributed by atoms with Gasteiger partial charge in [0, 0.05) is 30.7 Å². The molecular formula is C17H20N4O2S. The van der Waals surface area contributed by atoms with Crippen LogP contribution >= 0.6 is 11.3 Å². The van der Waals surface area contributed by atoms with Gasteiger partial charge in [0.1, 0.15) is 0 Å². The van der Waals surface area contributed by atoms with Crippen molar-refractivity contribution in [3.8, 4) is 0 Å². The number of amides is 2. The first-order chi connectivity index (χ1) is 11.6. The van der Waals surface area contributed by atoms with Crippen LogP contribution in [-0.4, -0.2) is 34.3 Å². The van der Waals surface area contributed by atoms with Crippen molar-refractivity contribution >= 4 is 34.0 Å². The summed E-state index contributed by atoms with van der Waals surface area (Å²) in [5.74, 6) is -0.0884. The van der Waals surface area contributed by atoms with Gasteiger partial charge in [0.2, 0.25) is 11.8 Å². The molecule has 126 valence electrons. The zero-order valence-corrected chi connectivity index (χ0v) is 14.3. The zero-order chi connectivity index (χ0) is 16.9. The summed E-state index contributed by atoms with van der Waals surface area (Å²) in [6.45, 7) is 3.07. The molecule has 24 heavy (non-hydrogen) atoms. The lowest BCUT2D eigenvalue weighted by molar-refractivity contribution is -0.120. The number of nitrogens with one attached hydrogen (secondary N) is 2. The number of rotatable bonds is 5. The van der Waals surface area contributed by atoms with Crippen LogP contribution in [0.3, 0.4) is 0 Å². The topological polar surface area (TPSA) is 74.3 Å². The maximum Gasteiger partial charge on any atom is 0.243 e. The van der Waals surface area contributed by atoms with E-state index in [0.717, 1.165) is 30.6 Å². The molecule has 1 aromatic heterocycles. The van der Waals surface area contributed by atoms with Crippen LogP contribution in [0.25, 0.3) is 0 Å². The molecule has 1 fully saturated rings. The molecule has 1 atom stereocenters. The number of hydrogen-bond donors (Lipinski definition) is 2. The number of hydrogen-bond acceptors (Lipinski definition) is 5. The first kappa shape index (κ1) is 16.6. The predicted octanol–water partition coefficient (Wildman–Crippen LogP) is 2.70. The molecule has 2 amide bonds. The summed E-state index contributed by atoms with van der Waals surface area (Å²) in [5.41, 5.74) is 1.86. The molecule has 0 aliphatic carbocycles. The van der Waals surface area contributed by atoms with Gasteiger partial charge in [0.25, 0.3) is 0 Å². The molecule has 2 aromatic rings. The van der Waals surface area contributed by atoms with Gasteiger partial charge in [-0.05, 0) is 37.1 Å². The number of benzene rings is 1. The second kappa shape index (κ2) is 7.55. The van der Waals surface area contributed by atoms with Crippen LogP contribution in [0, 0.1) is 0 Å². The molecule has 2 N–H and O–H groups in total. The zero-order valence-electron chi connectivity index (χ0n) is 13.5. The van der Waals surface area contributed by atoms with Crippen LogP contribution in [0.1, 0.15) is 25.3 Å². The summed E-state index contributed by atoms with van der Waals surface area (Å²) in [5, 5.41) is 8.16. The van der Waals surface area contributed by atoms with Crippen LogP contribution in [0.15, 0.2) is 35.8 Å². The maximum absolute atomic E-state index is 12.5. The second-order valence-corrected chi connectivity index (χ2v) is 6.73. The fraction of sp³-hybridized carbons (Fsp3) is 0.353. The average Bonchev–Trinajstić information content (AvgIpc) is 3.18. The molecule has 0 radical (unpaired) electrons. The first-order valence-electron chi connectivity index (χ1n) is 7.93. The summed E-state index contributed by atoms with van der Waals surface area (Å²) in [7, 11) is 0. The second-order valence-electron chi connectivity index (χ2n) is 5.84. The van der Waals surface area contributed by atoms with Crippen molar-refractivity contribution < 1.29 is 9.59 Å². The lowest BCUT2D eigenvalue weighted by atomic mass is 10.1. The Morgan fingerprint density at radius 1 is 1.38 bits per heavy atom. The van der Waals surface area contributed by atoms with Gasteiger partial charge in [0.15, 0.2) is 5.13 Å². The minimum Gasteiger partial charge on any atom is -0.326 e. The average molecular weight is 344 g/mol. The molecule has 3 rings (SSSR count). The van der Waals surface area contributed by atoms with Gasteiger partial charge in [-0.2, -0.15) is 0 Å². The predicted molar refractivity (Wildman–Crippen MR) is 94.9 cm³/mol. The minimum atomic E-state index is -0.140. The van der Waals surface area contributed by atoms with E-state index in [1.807, 2.05) is 29.6 Å². The summed E-state index contributed by atoms with van der Waals surface area (Å²) < 4.78 is 0. The van der Waals surface area contributed by atoms with Crippen LogP contribution in [0.2, 0.25) is 0 Å². The fourth-order valence-corrected chi connectivity index (χ4v) is 3.50. The lowest BCUT2D eigenvalue weighted by Gasteiger charge is -2.23. The van der Waals surface area contributed by atoms with E-state index in [4.69, 9.17) is 0 Å². The van der Waals surface area contributed by atoms with E-state index in [1.54, 1.807) is 6.20 Å². The van der Waals surface area contributed by atoms with Crippen molar-refractivity contribution in [1.82, 2.24) is 9.88 Å². The Hall–Kier alpha value is -2.25. The van der Waals surface area contributed by atoms with E-state index >= 15 is 0 Å². The van der Waals surface area contributed by atoms with Gasteiger partial charge >= 0.3 is 0 Å². The van der Waals surface area contributed by atoms with E-state index in [0.29, 0.717) is 11.7 Å². The van der Waals surface area contributed by atoms with Gasteiger partial charge in [0.05, 0.1) is 6.04 Å². The third-order valence-electron chi connectivity index (χ3n) is 3.96. The Bertz CT molecular complexity index is 717. The van der Waals surface area contributed by atoms with Crippen LogP contribution in [0.5, 0.6) is 0 Å². The smallest absolute Gasteiger partial charge is 0.243 e. The Kier molecular flexibility index (Phi) is 5.22. The van der Waals surface area contributed by atoms with Gasteiger partial charge in [-0.1, -0.05) is 12.1 Å². The molecule has 7 heteroatoms. The van der Waals surface area contributed by atoms with E-state index in [1.165, 1.54) is 18.3 Å². The number of nitrogens with zero attached hydrogens (tertiary/aromatic N) is 2. The Morgan fingerprint density at radius 2 is 2.25 bits per heavy atom. The highest BCUT2D eigenvalue weighted by Gasteiger charge is 2.30. The summed E-state index contributed by atoms with van der Waals surface area (Å²) in [6.07, 6.45) is 3.53. The lowest BCUT2D eigenvalue weighted by Crippen LogP contribution is -2.39. The molecular weight excluding hydrogens is 324 g/mol. The largest absolute Gasteiger partial charge is 0.326 e. The van der Waals surface area contributed by atoms with Gasteiger partial charge < -0.3 is 10.6 Å². The van der Waals surface area contributed by atoms with Crippen LogP contribution in [0.4, 0.5) is 10.8 Å². The number of thiazole rings is 1. The Morgan fingerprint density at radius 3 is 3.00 bits per heavy atom. The van der Waals surface area contributed by atoms with Crippen molar-refractivity contribution in [2.45, 2.75) is 32.4 Å². The number of aromatic nitrogens is 1. The molecule has 1 saturated heterocycles. The standard InChI is InChI=1S/C17H20N4O2S/c1-12(22)19-14-5-2-4-13(10-14)11-21-8-3-6-15(21)16(23)20-17-18-7-9-24-17/h2,4-5,7,9-10,15H,3,6,8,11H2,1H3,(H,19,22)(H,18,20,23)/t15-/m1/s1. The van der Waals surface area contributed by atoms with E-state index in [2.05, 4.69) is 20.5 Å². The molecule has 1 aliphatic rings. The van der Waals surface area contributed by atoms with E-state index in [-0.39, 0.29) is 17.9 Å². The highest BCUT2D eigenvalue weighted by atomic mass is 32.1. The molecule has 0 saturated carbocycles. The van der Waals surface area contributed by atoms with Crippen molar-refractivity contribution in [2.75, 3.05) is 17.2 Å².